The van der Waals surface area contributed by atoms with Gasteiger partial charge in [0.1, 0.15) is 8.07 Å². The van der Waals surface area contributed by atoms with Crippen LogP contribution in [0.25, 0.3) is 0 Å². The van der Waals surface area contributed by atoms with E-state index in [0.717, 1.165) is 17.1 Å². The second-order valence-electron chi connectivity index (χ2n) is 6.46. The van der Waals surface area contributed by atoms with Crippen LogP contribution in [0.4, 0.5) is 5.69 Å². The zero-order chi connectivity index (χ0) is 16.3. The maximum absolute atomic E-state index is 5.64. The zero-order valence-corrected chi connectivity index (χ0v) is 14.7. The van der Waals surface area contributed by atoms with Gasteiger partial charge in [0.15, 0.2) is 5.84 Å². The summed E-state index contributed by atoms with van der Waals surface area (Å²) >= 11 is 0. The number of oxime groups is 1. The first-order valence-corrected chi connectivity index (χ1v) is 11.2. The summed E-state index contributed by atoms with van der Waals surface area (Å²) in [6, 6.07) is 20.2. The number of rotatable bonds is 2. The predicted octanol–water partition coefficient (Wildman–Crippen LogP) is 4.09. The summed E-state index contributed by atoms with van der Waals surface area (Å²) in [6.45, 7) is 6.67. The maximum Gasteiger partial charge on any atom is 0.267 e. The van der Waals surface area contributed by atoms with E-state index in [1.807, 2.05) is 48.5 Å². The first-order valence-electron chi connectivity index (χ1n) is 7.71. The van der Waals surface area contributed by atoms with Gasteiger partial charge >= 0.3 is 0 Å². The highest BCUT2D eigenvalue weighted by Gasteiger charge is 2.31. The van der Waals surface area contributed by atoms with Crippen molar-refractivity contribution < 1.29 is 4.84 Å². The molecule has 0 bridgehead atoms. The van der Waals surface area contributed by atoms with Gasteiger partial charge in [-0.1, -0.05) is 73.3 Å². The van der Waals surface area contributed by atoms with Crippen molar-refractivity contribution in [2.45, 2.75) is 25.9 Å². The lowest BCUT2D eigenvalue weighted by molar-refractivity contribution is 0.127. The summed E-state index contributed by atoms with van der Waals surface area (Å²) in [5.41, 5.74) is 5.44. The van der Waals surface area contributed by atoms with Crippen molar-refractivity contribution in [2.24, 2.45) is 5.16 Å². The third kappa shape index (κ3) is 3.64. The summed E-state index contributed by atoms with van der Waals surface area (Å²) in [7, 11) is -1.48. The predicted molar refractivity (Wildman–Crippen MR) is 97.9 cm³/mol. The number of benzene rings is 2. The monoisotopic (exact) mass is 320 g/mol. The quantitative estimate of drug-likeness (QED) is 0.615. The summed E-state index contributed by atoms with van der Waals surface area (Å²) in [6.07, 6.45) is -0.376. The molecule has 2 aromatic carbocycles. The molecule has 1 aliphatic heterocycles. The first kappa shape index (κ1) is 15.4. The van der Waals surface area contributed by atoms with Gasteiger partial charge in [-0.05, 0) is 18.1 Å². The van der Waals surface area contributed by atoms with Crippen LogP contribution in [0.3, 0.4) is 0 Å². The Kier molecular flexibility index (Phi) is 4.22. The van der Waals surface area contributed by atoms with Gasteiger partial charge in [-0.2, -0.15) is 0 Å². The van der Waals surface area contributed by atoms with Gasteiger partial charge in [-0.25, -0.2) is 0 Å². The van der Waals surface area contributed by atoms with Gasteiger partial charge in [0.25, 0.3) is 6.23 Å². The second kappa shape index (κ2) is 6.31. The average Bonchev–Trinajstić information content (AvgIpc) is 2.98. The fourth-order valence-corrected chi connectivity index (χ4v) is 2.85. The van der Waals surface area contributed by atoms with Crippen molar-refractivity contribution in [2.75, 3.05) is 4.90 Å². The summed E-state index contributed by atoms with van der Waals surface area (Å²) in [4.78, 5) is 7.70. The van der Waals surface area contributed by atoms with Crippen molar-refractivity contribution >= 4 is 19.6 Å². The molecule has 0 spiro atoms. The molecule has 0 radical (unpaired) electrons. The molecular formula is C19H20N2OSi. The Hall–Kier alpha value is -2.51. The normalized spacial score (nSPS) is 17.1. The molecule has 0 saturated heterocycles. The van der Waals surface area contributed by atoms with Crippen molar-refractivity contribution in [3.63, 3.8) is 0 Å². The van der Waals surface area contributed by atoms with Crippen molar-refractivity contribution in [1.29, 1.82) is 0 Å². The Balaban J connectivity index is 1.99. The van der Waals surface area contributed by atoms with E-state index in [1.54, 1.807) is 0 Å². The van der Waals surface area contributed by atoms with E-state index in [-0.39, 0.29) is 6.23 Å². The lowest BCUT2D eigenvalue weighted by atomic mass is 10.1. The second-order valence-corrected chi connectivity index (χ2v) is 11.2. The third-order valence-electron chi connectivity index (χ3n) is 3.34. The number of hydrogen-bond acceptors (Lipinski definition) is 3. The molecule has 0 fully saturated rings. The molecule has 3 rings (SSSR count). The highest BCUT2D eigenvalue weighted by atomic mass is 28.3. The minimum absolute atomic E-state index is 0.376. The summed E-state index contributed by atoms with van der Waals surface area (Å²) < 4.78 is 0. The van der Waals surface area contributed by atoms with Crippen LogP contribution in [-0.4, -0.2) is 20.1 Å². The first-order chi connectivity index (χ1) is 11.0. The number of para-hydroxylation sites is 1. The molecular weight excluding hydrogens is 300 g/mol. The molecule has 23 heavy (non-hydrogen) atoms. The Morgan fingerprint density at radius 2 is 1.57 bits per heavy atom. The van der Waals surface area contributed by atoms with Crippen LogP contribution >= 0.6 is 0 Å². The highest BCUT2D eigenvalue weighted by Crippen LogP contribution is 2.25. The third-order valence-corrected chi connectivity index (χ3v) is 4.23. The van der Waals surface area contributed by atoms with Crippen LogP contribution in [0.2, 0.25) is 19.6 Å². The Morgan fingerprint density at radius 1 is 0.957 bits per heavy atom. The van der Waals surface area contributed by atoms with E-state index >= 15 is 0 Å². The largest absolute Gasteiger partial charge is 0.354 e. The number of amidine groups is 1. The van der Waals surface area contributed by atoms with Crippen LogP contribution in [0.15, 0.2) is 65.8 Å². The topological polar surface area (TPSA) is 24.8 Å². The van der Waals surface area contributed by atoms with Crippen LogP contribution in [0.5, 0.6) is 0 Å². The molecule has 1 unspecified atom stereocenters. The van der Waals surface area contributed by atoms with Gasteiger partial charge < -0.3 is 4.84 Å². The van der Waals surface area contributed by atoms with Crippen LogP contribution in [0.1, 0.15) is 5.56 Å². The van der Waals surface area contributed by atoms with Gasteiger partial charge in [0, 0.05) is 11.3 Å². The van der Waals surface area contributed by atoms with Gasteiger partial charge in [-0.3, -0.25) is 4.90 Å². The van der Waals surface area contributed by atoms with Crippen LogP contribution in [0, 0.1) is 11.5 Å². The van der Waals surface area contributed by atoms with Gasteiger partial charge in [0.05, 0.1) is 0 Å². The van der Waals surface area contributed by atoms with Crippen LogP contribution < -0.4 is 4.90 Å². The molecule has 0 aliphatic carbocycles. The molecule has 3 nitrogen and oxygen atoms in total. The molecule has 4 heteroatoms. The smallest absolute Gasteiger partial charge is 0.267 e. The summed E-state index contributed by atoms with van der Waals surface area (Å²) in [5, 5.41) is 4.30. The summed E-state index contributed by atoms with van der Waals surface area (Å²) in [5.74, 6) is 4.07. The van der Waals surface area contributed by atoms with E-state index in [4.69, 9.17) is 4.84 Å². The minimum Gasteiger partial charge on any atom is -0.354 e. The Labute approximate surface area is 138 Å². The Bertz CT molecular complexity index is 755. The fraction of sp³-hybridized carbons (Fsp3) is 0.211. The lowest BCUT2D eigenvalue weighted by Crippen LogP contribution is -2.36. The number of hydrogen-bond donors (Lipinski definition) is 0. The molecule has 1 aliphatic rings. The van der Waals surface area contributed by atoms with Gasteiger partial charge in [-0.15, -0.1) is 5.54 Å². The van der Waals surface area contributed by atoms with E-state index in [2.05, 4.69) is 53.3 Å². The SMILES string of the molecule is C[Si](C)(C)C#CC1ON=C(c2ccccc2)N1c1ccccc1. The van der Waals surface area contributed by atoms with Gasteiger partial charge in [0.2, 0.25) is 0 Å². The standard InChI is InChI=1S/C19H20N2OSi/c1-23(2,3)15-14-18-21(17-12-8-5-9-13-17)19(20-22-18)16-10-6-4-7-11-16/h4-13,18H,1-3H3. The van der Waals surface area contributed by atoms with E-state index < -0.39 is 8.07 Å². The number of nitrogens with zero attached hydrogens (tertiary/aromatic N) is 2. The zero-order valence-electron chi connectivity index (χ0n) is 13.7. The van der Waals surface area contributed by atoms with Crippen molar-refractivity contribution in [3.05, 3.63) is 66.2 Å². The molecule has 1 atom stereocenters. The number of anilines is 1. The maximum atomic E-state index is 5.64. The minimum atomic E-state index is -1.48. The fourth-order valence-electron chi connectivity index (χ4n) is 2.30. The molecule has 2 aromatic rings. The molecule has 0 amide bonds. The molecule has 0 aromatic heterocycles. The molecule has 0 N–H and O–H groups in total. The molecule has 116 valence electrons. The Morgan fingerprint density at radius 3 is 2.17 bits per heavy atom. The van der Waals surface area contributed by atoms with Crippen LogP contribution in [-0.2, 0) is 4.84 Å². The highest BCUT2D eigenvalue weighted by molar-refractivity contribution is 6.83. The average molecular weight is 320 g/mol. The van der Waals surface area contributed by atoms with E-state index in [9.17, 15) is 0 Å². The molecule has 0 saturated carbocycles. The van der Waals surface area contributed by atoms with Crippen molar-refractivity contribution in [1.82, 2.24) is 0 Å². The van der Waals surface area contributed by atoms with E-state index in [1.165, 1.54) is 0 Å². The van der Waals surface area contributed by atoms with E-state index in [0.29, 0.717) is 0 Å². The lowest BCUT2D eigenvalue weighted by Gasteiger charge is -2.22. The molecule has 1 heterocycles. The van der Waals surface area contributed by atoms with Crippen molar-refractivity contribution in [3.8, 4) is 11.5 Å².